The van der Waals surface area contributed by atoms with E-state index in [1.54, 1.807) is 31.4 Å². The molecule has 8 heteroatoms. The van der Waals surface area contributed by atoms with Crippen LogP contribution < -0.4 is 25.4 Å². The number of anilines is 2. The van der Waals surface area contributed by atoms with E-state index in [9.17, 15) is 9.90 Å². The molecule has 0 spiro atoms. The molecule has 2 aromatic carbocycles. The highest BCUT2D eigenvalue weighted by Gasteiger charge is 2.21. The number of hydrogen-bond acceptors (Lipinski definition) is 6. The molecule has 0 aromatic heterocycles. The van der Waals surface area contributed by atoms with E-state index < -0.39 is 12.1 Å². The van der Waals surface area contributed by atoms with Gasteiger partial charge in [0.25, 0.3) is 0 Å². The first-order valence-electron chi connectivity index (χ1n) is 9.63. The van der Waals surface area contributed by atoms with Gasteiger partial charge in [0.2, 0.25) is 0 Å². The summed E-state index contributed by atoms with van der Waals surface area (Å²) in [5, 5.41) is 12.9. The first-order valence-corrected chi connectivity index (χ1v) is 9.63. The summed E-state index contributed by atoms with van der Waals surface area (Å²) in [6, 6.07) is 14.3. The number of nitrogens with two attached hydrogens (primary N) is 1. The zero-order chi connectivity index (χ0) is 20.6. The van der Waals surface area contributed by atoms with Gasteiger partial charge in [-0.2, -0.15) is 0 Å². The molecule has 29 heavy (non-hydrogen) atoms. The molecule has 0 saturated carbocycles. The molecular weight excluding hydrogens is 372 g/mol. The number of aliphatic hydroxyl groups excluding tert-OH is 1. The lowest BCUT2D eigenvalue weighted by molar-refractivity contribution is 0.0665. The molecular formula is C21H28N4O4. The van der Waals surface area contributed by atoms with Crippen molar-refractivity contribution in [3.8, 4) is 11.5 Å². The zero-order valence-corrected chi connectivity index (χ0v) is 16.6. The minimum atomic E-state index is -0.658. The molecule has 0 bridgehead atoms. The van der Waals surface area contributed by atoms with Crippen molar-refractivity contribution in [1.29, 1.82) is 0 Å². The quantitative estimate of drug-likeness (QED) is 0.624. The van der Waals surface area contributed by atoms with E-state index in [0.717, 1.165) is 37.6 Å². The molecule has 156 valence electrons. The number of ether oxygens (including phenoxy) is 2. The van der Waals surface area contributed by atoms with Crippen LogP contribution in [0.5, 0.6) is 11.5 Å². The number of nitrogens with one attached hydrogen (secondary N) is 1. The molecule has 1 unspecified atom stereocenters. The maximum atomic E-state index is 11.1. The number of benzene rings is 2. The fraction of sp³-hybridized carbons (Fsp3) is 0.381. The fourth-order valence-corrected chi connectivity index (χ4v) is 3.43. The average Bonchev–Trinajstić information content (AvgIpc) is 2.73. The number of rotatable bonds is 8. The van der Waals surface area contributed by atoms with Crippen molar-refractivity contribution in [3.63, 3.8) is 0 Å². The lowest BCUT2D eigenvalue weighted by atomic mass is 10.2. The summed E-state index contributed by atoms with van der Waals surface area (Å²) in [6.45, 7) is 4.05. The Morgan fingerprint density at radius 3 is 2.45 bits per heavy atom. The van der Waals surface area contributed by atoms with Gasteiger partial charge < -0.3 is 30.5 Å². The highest BCUT2D eigenvalue weighted by atomic mass is 16.5. The van der Waals surface area contributed by atoms with Crippen molar-refractivity contribution in [2.45, 2.75) is 6.10 Å². The Morgan fingerprint density at radius 1 is 1.10 bits per heavy atom. The Bertz CT molecular complexity index is 809. The first-order chi connectivity index (χ1) is 14.1. The number of piperazine rings is 1. The summed E-state index contributed by atoms with van der Waals surface area (Å²) in [7, 11) is 1.68. The number of carbonyl (C=O) groups excluding carboxylic acids is 1. The Hall–Kier alpha value is -2.97. The van der Waals surface area contributed by atoms with Crippen LogP contribution in [0.15, 0.2) is 48.5 Å². The summed E-state index contributed by atoms with van der Waals surface area (Å²) in [5.74, 6) is 1.35. The van der Waals surface area contributed by atoms with Gasteiger partial charge in [-0.1, -0.05) is 24.3 Å². The molecule has 4 N–H and O–H groups in total. The van der Waals surface area contributed by atoms with E-state index in [4.69, 9.17) is 15.2 Å². The van der Waals surface area contributed by atoms with Crippen LogP contribution in [0.4, 0.5) is 16.2 Å². The highest BCUT2D eigenvalue weighted by Crippen LogP contribution is 2.28. The van der Waals surface area contributed by atoms with E-state index in [1.165, 1.54) is 0 Å². The maximum absolute atomic E-state index is 11.1. The van der Waals surface area contributed by atoms with Crippen molar-refractivity contribution in [1.82, 2.24) is 4.90 Å². The summed E-state index contributed by atoms with van der Waals surface area (Å²) >= 11 is 0. The van der Waals surface area contributed by atoms with Crippen LogP contribution >= 0.6 is 0 Å². The van der Waals surface area contributed by atoms with Gasteiger partial charge in [0, 0.05) is 32.7 Å². The third kappa shape index (κ3) is 5.75. The van der Waals surface area contributed by atoms with Crippen molar-refractivity contribution in [3.05, 3.63) is 48.5 Å². The number of urea groups is 1. The van der Waals surface area contributed by atoms with Gasteiger partial charge in [-0.05, 0) is 24.3 Å². The van der Waals surface area contributed by atoms with E-state index in [1.807, 2.05) is 18.2 Å². The van der Waals surface area contributed by atoms with Crippen LogP contribution in [0, 0.1) is 0 Å². The first kappa shape index (κ1) is 20.8. The number of primary amides is 1. The van der Waals surface area contributed by atoms with Crippen LogP contribution in [-0.2, 0) is 0 Å². The second kappa shape index (κ2) is 9.99. The monoisotopic (exact) mass is 400 g/mol. The van der Waals surface area contributed by atoms with Crippen LogP contribution in [0.3, 0.4) is 0 Å². The Balaban J connectivity index is 1.47. The van der Waals surface area contributed by atoms with E-state index in [0.29, 0.717) is 18.0 Å². The number of hydrogen-bond donors (Lipinski definition) is 3. The lowest BCUT2D eigenvalue weighted by Gasteiger charge is -2.37. The number of aliphatic hydroxyl groups is 1. The summed E-state index contributed by atoms with van der Waals surface area (Å²) < 4.78 is 11.1. The van der Waals surface area contributed by atoms with Gasteiger partial charge in [0.05, 0.1) is 18.5 Å². The van der Waals surface area contributed by atoms with Crippen molar-refractivity contribution in [2.75, 3.05) is 56.7 Å². The van der Waals surface area contributed by atoms with Crippen molar-refractivity contribution in [2.24, 2.45) is 5.73 Å². The molecule has 1 aliphatic heterocycles. The topological polar surface area (TPSA) is 100 Å². The zero-order valence-electron chi connectivity index (χ0n) is 16.6. The third-order valence-corrected chi connectivity index (χ3v) is 4.84. The average molecular weight is 400 g/mol. The number of amides is 2. The van der Waals surface area contributed by atoms with Crippen molar-refractivity contribution < 1.29 is 19.4 Å². The van der Waals surface area contributed by atoms with Gasteiger partial charge in [0.15, 0.2) is 0 Å². The molecule has 8 nitrogen and oxygen atoms in total. The predicted molar refractivity (Wildman–Crippen MR) is 113 cm³/mol. The molecule has 0 radical (unpaired) electrons. The van der Waals surface area contributed by atoms with E-state index in [2.05, 4.69) is 21.2 Å². The summed E-state index contributed by atoms with van der Waals surface area (Å²) in [6.07, 6.45) is -0.644. The number of methoxy groups -OCH3 is 1. The molecule has 1 aliphatic rings. The Morgan fingerprint density at radius 2 is 1.76 bits per heavy atom. The second-order valence-electron chi connectivity index (χ2n) is 6.91. The van der Waals surface area contributed by atoms with Gasteiger partial charge >= 0.3 is 6.03 Å². The van der Waals surface area contributed by atoms with Gasteiger partial charge in [-0.3, -0.25) is 4.90 Å². The summed E-state index contributed by atoms with van der Waals surface area (Å²) in [4.78, 5) is 15.6. The van der Waals surface area contributed by atoms with Gasteiger partial charge in [0.1, 0.15) is 24.2 Å². The second-order valence-corrected chi connectivity index (χ2v) is 6.91. The maximum Gasteiger partial charge on any atom is 0.316 e. The van der Waals surface area contributed by atoms with Crippen molar-refractivity contribution >= 4 is 17.4 Å². The largest absolute Gasteiger partial charge is 0.495 e. The van der Waals surface area contributed by atoms with Crippen LogP contribution in [0.2, 0.25) is 0 Å². The fourth-order valence-electron chi connectivity index (χ4n) is 3.43. The van der Waals surface area contributed by atoms with Crippen LogP contribution in [-0.4, -0.2) is 68.6 Å². The molecule has 1 atom stereocenters. The van der Waals surface area contributed by atoms with Crippen LogP contribution in [0.1, 0.15) is 0 Å². The SMILES string of the molecule is COc1ccccc1N1CCN(CC(O)COc2ccccc2NC(N)=O)CC1. The van der Waals surface area contributed by atoms with Gasteiger partial charge in [-0.25, -0.2) is 4.79 Å². The normalized spacial score (nSPS) is 15.6. The predicted octanol–water partition coefficient (Wildman–Crippen LogP) is 1.75. The lowest BCUT2D eigenvalue weighted by Crippen LogP contribution is -2.49. The Kier molecular flexibility index (Phi) is 7.15. The molecule has 1 saturated heterocycles. The molecule has 3 rings (SSSR count). The highest BCUT2D eigenvalue weighted by molar-refractivity contribution is 5.89. The minimum Gasteiger partial charge on any atom is -0.495 e. The molecule has 0 aliphatic carbocycles. The summed E-state index contributed by atoms with van der Waals surface area (Å²) in [5.41, 5.74) is 6.75. The molecule has 1 heterocycles. The standard InChI is InChI=1S/C21H28N4O4/c1-28-20-9-5-3-7-18(20)25-12-10-24(11-13-25)14-16(26)15-29-19-8-4-2-6-17(19)23-21(22)27/h2-9,16,26H,10-15H2,1H3,(H3,22,23,27). The van der Waals surface area contributed by atoms with E-state index in [-0.39, 0.29) is 6.61 Å². The third-order valence-electron chi connectivity index (χ3n) is 4.84. The number of β-amino-alcohol motifs (C(OH)–C–C–N with tert-alkyl or cyclic N) is 1. The molecule has 2 amide bonds. The molecule has 1 fully saturated rings. The minimum absolute atomic E-state index is 0.129. The van der Waals surface area contributed by atoms with Crippen LogP contribution in [0.25, 0.3) is 0 Å². The van der Waals surface area contributed by atoms with E-state index >= 15 is 0 Å². The number of carbonyl (C=O) groups is 1. The smallest absolute Gasteiger partial charge is 0.316 e. The number of nitrogens with zero attached hydrogens (tertiary/aromatic N) is 2. The molecule has 2 aromatic rings. The van der Waals surface area contributed by atoms with Gasteiger partial charge in [-0.15, -0.1) is 0 Å². The Labute approximate surface area is 170 Å². The number of para-hydroxylation sites is 4.